The molecule has 5 heteroatoms. The van der Waals surface area contributed by atoms with Gasteiger partial charge in [0.2, 0.25) is 0 Å². The fourth-order valence-electron chi connectivity index (χ4n) is 4.37. The number of ether oxygens (including phenoxy) is 2. The lowest BCUT2D eigenvalue weighted by atomic mass is 9.81. The molecule has 19 heavy (non-hydrogen) atoms. The molecular formula is C14H25BO4. The highest BCUT2D eigenvalue weighted by molar-refractivity contribution is 6.19. The van der Waals surface area contributed by atoms with Gasteiger partial charge in [0.15, 0.2) is 0 Å². The third-order valence-electron chi connectivity index (χ3n) is 5.52. The van der Waals surface area contributed by atoms with Crippen LogP contribution in [-0.4, -0.2) is 45.3 Å². The SMILES string of the molecule is COC1(C2OBOC2C2(OC)CCCC2)CCCC1. The Bertz CT molecular complexity index is 281. The van der Waals surface area contributed by atoms with E-state index in [0.29, 0.717) is 7.69 Å². The molecule has 108 valence electrons. The lowest BCUT2D eigenvalue weighted by Gasteiger charge is -2.43. The van der Waals surface area contributed by atoms with E-state index in [1.807, 2.05) is 14.2 Å². The molecule has 3 fully saturated rings. The maximum Gasteiger partial charge on any atom is 0.438 e. The summed E-state index contributed by atoms with van der Waals surface area (Å²) in [4.78, 5) is 0. The van der Waals surface area contributed by atoms with Crippen molar-refractivity contribution in [2.45, 2.75) is 74.8 Å². The van der Waals surface area contributed by atoms with E-state index < -0.39 is 0 Å². The van der Waals surface area contributed by atoms with E-state index in [0.717, 1.165) is 25.7 Å². The van der Waals surface area contributed by atoms with Gasteiger partial charge in [-0.25, -0.2) is 0 Å². The number of hydrogen-bond donors (Lipinski definition) is 0. The predicted molar refractivity (Wildman–Crippen MR) is 73.3 cm³/mol. The molecule has 0 aromatic carbocycles. The lowest BCUT2D eigenvalue weighted by molar-refractivity contribution is -0.153. The Labute approximate surface area is 116 Å². The van der Waals surface area contributed by atoms with E-state index >= 15 is 0 Å². The van der Waals surface area contributed by atoms with Crippen molar-refractivity contribution in [1.29, 1.82) is 0 Å². The Hall–Kier alpha value is -0.0951. The van der Waals surface area contributed by atoms with Gasteiger partial charge in [0.25, 0.3) is 0 Å². The van der Waals surface area contributed by atoms with Crippen LogP contribution in [0.4, 0.5) is 0 Å². The minimum atomic E-state index is -0.157. The molecule has 0 aromatic rings. The smallest absolute Gasteiger partial charge is 0.405 e. The average Bonchev–Trinajstić information content (AvgIpc) is 3.18. The van der Waals surface area contributed by atoms with Crippen molar-refractivity contribution >= 4 is 7.69 Å². The summed E-state index contributed by atoms with van der Waals surface area (Å²) in [6, 6.07) is 0. The van der Waals surface area contributed by atoms with Crippen LogP contribution < -0.4 is 0 Å². The van der Waals surface area contributed by atoms with Gasteiger partial charge in [-0.2, -0.15) is 0 Å². The summed E-state index contributed by atoms with van der Waals surface area (Å²) in [5, 5.41) is 0. The summed E-state index contributed by atoms with van der Waals surface area (Å²) in [5.74, 6) is 0. The van der Waals surface area contributed by atoms with Crippen LogP contribution in [0.3, 0.4) is 0 Å². The molecular weight excluding hydrogens is 243 g/mol. The van der Waals surface area contributed by atoms with Crippen molar-refractivity contribution in [3.05, 3.63) is 0 Å². The van der Waals surface area contributed by atoms with Crippen molar-refractivity contribution < 1.29 is 18.8 Å². The van der Waals surface area contributed by atoms with Crippen LogP contribution in [0.2, 0.25) is 0 Å². The zero-order chi connectivity index (χ0) is 13.3. The minimum Gasteiger partial charge on any atom is -0.405 e. The molecule has 2 unspecified atom stereocenters. The highest BCUT2D eigenvalue weighted by Crippen LogP contribution is 2.47. The third kappa shape index (κ3) is 2.15. The summed E-state index contributed by atoms with van der Waals surface area (Å²) in [6.07, 6.45) is 9.25. The highest BCUT2D eigenvalue weighted by Gasteiger charge is 2.57. The van der Waals surface area contributed by atoms with Gasteiger partial charge in [-0.1, -0.05) is 25.7 Å². The second kappa shape index (κ2) is 5.36. The van der Waals surface area contributed by atoms with Crippen LogP contribution in [0.25, 0.3) is 0 Å². The van der Waals surface area contributed by atoms with Crippen LogP contribution in [0, 0.1) is 0 Å². The highest BCUT2D eigenvalue weighted by atomic mass is 16.7. The normalized spacial score (nSPS) is 36.5. The number of hydrogen-bond acceptors (Lipinski definition) is 4. The van der Waals surface area contributed by atoms with Gasteiger partial charge in [0.05, 0.1) is 23.4 Å². The van der Waals surface area contributed by atoms with Gasteiger partial charge in [-0.3, -0.25) is 0 Å². The zero-order valence-electron chi connectivity index (χ0n) is 12.2. The molecule has 0 bridgehead atoms. The van der Waals surface area contributed by atoms with Gasteiger partial charge in [-0.15, -0.1) is 0 Å². The lowest BCUT2D eigenvalue weighted by Crippen LogP contribution is -2.56. The van der Waals surface area contributed by atoms with E-state index in [9.17, 15) is 0 Å². The predicted octanol–water partition coefficient (Wildman–Crippen LogP) is 1.96. The summed E-state index contributed by atoms with van der Waals surface area (Å²) in [5.41, 5.74) is -0.315. The first kappa shape index (κ1) is 13.9. The second-order valence-corrected chi connectivity index (χ2v) is 6.24. The standard InChI is InChI=1S/C14H25BO4/c1-16-13(7-3-4-8-13)11-12(19-15-18-11)14(17-2)9-5-6-10-14/h11-12,15H,3-10H2,1-2H3. The monoisotopic (exact) mass is 268 g/mol. The molecule has 3 aliphatic rings. The molecule has 3 rings (SSSR count). The van der Waals surface area contributed by atoms with Crippen LogP contribution in [0.15, 0.2) is 0 Å². The molecule has 2 aliphatic carbocycles. The summed E-state index contributed by atoms with van der Waals surface area (Å²) in [7, 11) is 4.02. The van der Waals surface area contributed by atoms with Crippen molar-refractivity contribution in [2.24, 2.45) is 0 Å². The Morgan fingerprint density at radius 1 is 0.789 bits per heavy atom. The Morgan fingerprint density at radius 3 is 1.47 bits per heavy atom. The molecule has 0 amide bonds. The topological polar surface area (TPSA) is 36.9 Å². The fourth-order valence-corrected chi connectivity index (χ4v) is 4.37. The van der Waals surface area contributed by atoms with E-state index in [2.05, 4.69) is 0 Å². The second-order valence-electron chi connectivity index (χ2n) is 6.24. The molecule has 0 spiro atoms. The Morgan fingerprint density at radius 2 is 1.16 bits per heavy atom. The van der Waals surface area contributed by atoms with Crippen molar-refractivity contribution in [2.75, 3.05) is 14.2 Å². The Kier molecular flexibility index (Phi) is 3.91. The zero-order valence-corrected chi connectivity index (χ0v) is 12.2. The first-order valence-corrected chi connectivity index (χ1v) is 7.60. The summed E-state index contributed by atoms with van der Waals surface area (Å²) < 4.78 is 23.7. The molecule has 1 aliphatic heterocycles. The van der Waals surface area contributed by atoms with Crippen LogP contribution in [0.5, 0.6) is 0 Å². The number of methoxy groups -OCH3 is 2. The van der Waals surface area contributed by atoms with Gasteiger partial charge in [0, 0.05) is 14.2 Å². The molecule has 1 saturated heterocycles. The maximum absolute atomic E-state index is 5.96. The summed E-state index contributed by atoms with van der Waals surface area (Å²) in [6.45, 7) is 0. The molecule has 0 radical (unpaired) electrons. The minimum absolute atomic E-state index is 0.0260. The third-order valence-corrected chi connectivity index (χ3v) is 5.52. The van der Waals surface area contributed by atoms with Gasteiger partial charge in [-0.05, 0) is 25.7 Å². The first-order chi connectivity index (χ1) is 9.26. The van der Waals surface area contributed by atoms with E-state index in [1.165, 1.54) is 25.7 Å². The van der Waals surface area contributed by atoms with Crippen LogP contribution in [0.1, 0.15) is 51.4 Å². The molecule has 2 atom stereocenters. The van der Waals surface area contributed by atoms with Gasteiger partial charge >= 0.3 is 7.69 Å². The van der Waals surface area contributed by atoms with Crippen LogP contribution >= 0.6 is 0 Å². The quantitative estimate of drug-likeness (QED) is 0.730. The maximum atomic E-state index is 5.96. The summed E-state index contributed by atoms with van der Waals surface area (Å²) >= 11 is 0. The van der Waals surface area contributed by atoms with E-state index in [1.54, 1.807) is 0 Å². The molecule has 4 nitrogen and oxygen atoms in total. The molecule has 0 N–H and O–H groups in total. The molecule has 0 aromatic heterocycles. The van der Waals surface area contributed by atoms with E-state index in [4.69, 9.17) is 18.8 Å². The van der Waals surface area contributed by atoms with Crippen LogP contribution in [-0.2, 0) is 18.8 Å². The molecule has 1 heterocycles. The first-order valence-electron chi connectivity index (χ1n) is 7.60. The van der Waals surface area contributed by atoms with Crippen molar-refractivity contribution in [1.82, 2.24) is 0 Å². The average molecular weight is 268 g/mol. The van der Waals surface area contributed by atoms with Crippen molar-refractivity contribution in [3.63, 3.8) is 0 Å². The fraction of sp³-hybridized carbons (Fsp3) is 1.00. The number of rotatable bonds is 4. The largest absolute Gasteiger partial charge is 0.438 e. The van der Waals surface area contributed by atoms with Gasteiger partial charge in [0.1, 0.15) is 0 Å². The van der Waals surface area contributed by atoms with E-state index in [-0.39, 0.29) is 23.4 Å². The Balaban J connectivity index is 1.84. The van der Waals surface area contributed by atoms with Gasteiger partial charge < -0.3 is 18.8 Å². The van der Waals surface area contributed by atoms with Crippen molar-refractivity contribution in [3.8, 4) is 0 Å². The molecule has 2 saturated carbocycles.